The average Bonchev–Trinajstić information content (AvgIpc) is 2.45. The summed E-state index contributed by atoms with van der Waals surface area (Å²) in [5, 5.41) is 0. The molecule has 0 fully saturated rings. The smallest absolute Gasteiger partial charge is 0.0702 e. The van der Waals surface area contributed by atoms with Crippen LogP contribution in [-0.4, -0.2) is 4.98 Å². The molecule has 0 N–H and O–H groups in total. The third-order valence-corrected chi connectivity index (χ3v) is 2.46. The SMILES string of the molecule is [2H]C([2H])([2H])c1ccc(-c2ccc(C([2H])([2H])C(C)(C)C)cn2)cc1. The molecule has 0 aliphatic rings. The van der Waals surface area contributed by atoms with E-state index >= 15 is 0 Å². The molecule has 0 saturated heterocycles. The number of rotatable bonds is 2. The molecule has 0 aliphatic heterocycles. The van der Waals surface area contributed by atoms with Crippen LogP contribution in [0.2, 0.25) is 0 Å². The van der Waals surface area contributed by atoms with Gasteiger partial charge in [0.1, 0.15) is 0 Å². The molecule has 94 valence electrons. The highest BCUT2D eigenvalue weighted by Crippen LogP contribution is 2.22. The summed E-state index contributed by atoms with van der Waals surface area (Å²) in [5.41, 5.74) is 1.79. The lowest BCUT2D eigenvalue weighted by Crippen LogP contribution is -2.09. The Hall–Kier alpha value is -1.63. The van der Waals surface area contributed by atoms with Crippen molar-refractivity contribution in [2.24, 2.45) is 5.41 Å². The van der Waals surface area contributed by atoms with E-state index in [0.717, 1.165) is 5.56 Å². The van der Waals surface area contributed by atoms with Crippen LogP contribution in [0.5, 0.6) is 0 Å². The van der Waals surface area contributed by atoms with Crippen LogP contribution < -0.4 is 0 Å². The van der Waals surface area contributed by atoms with Gasteiger partial charge >= 0.3 is 0 Å². The van der Waals surface area contributed by atoms with E-state index in [2.05, 4.69) is 4.98 Å². The summed E-state index contributed by atoms with van der Waals surface area (Å²) in [6, 6.07) is 10.1. The van der Waals surface area contributed by atoms with Gasteiger partial charge in [-0.1, -0.05) is 56.7 Å². The summed E-state index contributed by atoms with van der Waals surface area (Å²) < 4.78 is 38.6. The summed E-state index contributed by atoms with van der Waals surface area (Å²) in [4.78, 5) is 4.34. The first kappa shape index (κ1) is 7.73. The normalized spacial score (nSPS) is 17.2. The minimum Gasteiger partial charge on any atom is -0.256 e. The van der Waals surface area contributed by atoms with E-state index in [9.17, 15) is 0 Å². The zero-order chi connectivity index (χ0) is 17.5. The van der Waals surface area contributed by atoms with Gasteiger partial charge in [0.2, 0.25) is 0 Å². The van der Waals surface area contributed by atoms with Gasteiger partial charge in [0, 0.05) is 18.6 Å². The predicted molar refractivity (Wildman–Crippen MR) is 77.6 cm³/mol. The van der Waals surface area contributed by atoms with E-state index < -0.39 is 18.6 Å². The third kappa shape index (κ3) is 3.43. The Morgan fingerprint density at radius 3 is 2.33 bits per heavy atom. The molecule has 2 aromatic rings. The Kier molecular flexibility index (Phi) is 2.12. The van der Waals surface area contributed by atoms with Crippen molar-refractivity contribution in [2.45, 2.75) is 34.0 Å². The molecule has 0 amide bonds. The number of pyridine rings is 1. The predicted octanol–water partition coefficient (Wildman–Crippen LogP) is 4.65. The summed E-state index contributed by atoms with van der Waals surface area (Å²) in [6.45, 7) is 3.45. The number of aryl methyl sites for hydroxylation is 1. The lowest BCUT2D eigenvalue weighted by molar-refractivity contribution is 0.411. The summed E-state index contributed by atoms with van der Waals surface area (Å²) in [6.07, 6.45) is 0.0713. The Balaban J connectivity index is 2.30. The van der Waals surface area contributed by atoms with Crippen molar-refractivity contribution in [3.8, 4) is 11.3 Å². The van der Waals surface area contributed by atoms with Crippen LogP contribution in [-0.2, 0) is 6.37 Å². The van der Waals surface area contributed by atoms with Gasteiger partial charge in [-0.05, 0) is 30.3 Å². The average molecular weight is 244 g/mol. The van der Waals surface area contributed by atoms with Gasteiger partial charge < -0.3 is 0 Å². The van der Waals surface area contributed by atoms with Crippen LogP contribution in [0.1, 0.15) is 38.8 Å². The minimum atomic E-state index is -2.11. The minimum absolute atomic E-state index is 0.293. The van der Waals surface area contributed by atoms with Crippen LogP contribution in [0, 0.1) is 12.3 Å². The van der Waals surface area contributed by atoms with E-state index in [1.807, 2.05) is 20.8 Å². The van der Waals surface area contributed by atoms with Gasteiger partial charge in [-0.15, -0.1) is 0 Å². The Morgan fingerprint density at radius 1 is 1.11 bits per heavy atom. The highest BCUT2D eigenvalue weighted by Gasteiger charge is 2.11. The molecule has 2 rings (SSSR count). The fourth-order valence-corrected chi connectivity index (χ4v) is 1.71. The molecule has 1 aromatic carbocycles. The zero-order valence-corrected chi connectivity index (χ0v) is 11.0. The lowest BCUT2D eigenvalue weighted by Gasteiger charge is -2.17. The molecule has 1 aromatic heterocycles. The second-order valence-electron chi connectivity index (χ2n) is 5.38. The Labute approximate surface area is 117 Å². The summed E-state index contributed by atoms with van der Waals surface area (Å²) >= 11 is 0. The van der Waals surface area contributed by atoms with E-state index in [1.165, 1.54) is 0 Å². The van der Waals surface area contributed by atoms with E-state index in [1.54, 1.807) is 42.6 Å². The first-order valence-electron chi connectivity index (χ1n) is 8.50. The van der Waals surface area contributed by atoms with Crippen molar-refractivity contribution >= 4 is 0 Å². The maximum Gasteiger partial charge on any atom is 0.0702 e. The molecule has 1 heteroatoms. The second kappa shape index (κ2) is 4.93. The number of nitrogens with zero attached hydrogens (tertiary/aromatic N) is 1. The molecule has 0 aliphatic carbocycles. The number of hydrogen-bond acceptors (Lipinski definition) is 1. The van der Waals surface area contributed by atoms with Crippen LogP contribution >= 0.6 is 0 Å². The standard InChI is InChI=1S/C17H21N/c1-13-5-8-15(9-6-13)16-10-7-14(12-18-16)11-17(2,3)4/h5-10,12H,11H2,1-4H3/i1D3,11D2. The van der Waals surface area contributed by atoms with E-state index in [0.29, 0.717) is 16.8 Å². The number of benzene rings is 1. The molecule has 0 unspecified atom stereocenters. The monoisotopic (exact) mass is 244 g/mol. The molecule has 0 radical (unpaired) electrons. The molecule has 1 nitrogen and oxygen atoms in total. The van der Waals surface area contributed by atoms with Crippen LogP contribution in [0.4, 0.5) is 0 Å². The van der Waals surface area contributed by atoms with Crippen molar-refractivity contribution in [1.82, 2.24) is 4.98 Å². The Bertz CT molecular complexity index is 664. The third-order valence-electron chi connectivity index (χ3n) is 2.46. The van der Waals surface area contributed by atoms with Crippen molar-refractivity contribution in [3.05, 3.63) is 53.7 Å². The molecule has 0 saturated carbocycles. The summed E-state index contributed by atoms with van der Waals surface area (Å²) in [7, 11) is 0. The fraction of sp³-hybridized carbons (Fsp3) is 0.353. The highest BCUT2D eigenvalue weighted by atomic mass is 14.7. The first-order chi connectivity index (χ1) is 10.4. The van der Waals surface area contributed by atoms with Gasteiger partial charge in [0.05, 0.1) is 5.69 Å². The van der Waals surface area contributed by atoms with Crippen molar-refractivity contribution < 1.29 is 6.85 Å². The maximum atomic E-state index is 8.25. The summed E-state index contributed by atoms with van der Waals surface area (Å²) in [5.74, 6) is 0. The quantitative estimate of drug-likeness (QED) is 0.749. The largest absolute Gasteiger partial charge is 0.256 e. The van der Waals surface area contributed by atoms with Gasteiger partial charge in [-0.25, -0.2) is 0 Å². The highest BCUT2D eigenvalue weighted by molar-refractivity contribution is 5.59. The molecule has 18 heavy (non-hydrogen) atoms. The first-order valence-corrected chi connectivity index (χ1v) is 6.00. The molecule has 0 spiro atoms. The maximum absolute atomic E-state index is 8.25. The molecule has 0 bridgehead atoms. The van der Waals surface area contributed by atoms with Crippen LogP contribution in [0.25, 0.3) is 11.3 Å². The molecule has 0 atom stereocenters. The molecular weight excluding hydrogens is 218 g/mol. The van der Waals surface area contributed by atoms with Gasteiger partial charge in [-0.3, -0.25) is 4.98 Å². The lowest BCUT2D eigenvalue weighted by atomic mass is 9.89. The van der Waals surface area contributed by atoms with Crippen molar-refractivity contribution in [1.29, 1.82) is 0 Å². The van der Waals surface area contributed by atoms with Gasteiger partial charge in [0.25, 0.3) is 0 Å². The molecule has 1 heterocycles. The Morgan fingerprint density at radius 2 is 1.83 bits per heavy atom. The van der Waals surface area contributed by atoms with Crippen molar-refractivity contribution in [2.75, 3.05) is 0 Å². The fourth-order valence-electron chi connectivity index (χ4n) is 1.71. The van der Waals surface area contributed by atoms with E-state index in [4.69, 9.17) is 6.85 Å². The number of hydrogen-bond donors (Lipinski definition) is 0. The second-order valence-corrected chi connectivity index (χ2v) is 5.38. The van der Waals surface area contributed by atoms with Crippen LogP contribution in [0.15, 0.2) is 42.6 Å². The molecular formula is C17H21N. The van der Waals surface area contributed by atoms with Crippen molar-refractivity contribution in [3.63, 3.8) is 0 Å². The van der Waals surface area contributed by atoms with E-state index in [-0.39, 0.29) is 0 Å². The number of aromatic nitrogens is 1. The van der Waals surface area contributed by atoms with Gasteiger partial charge in [0.15, 0.2) is 0 Å². The van der Waals surface area contributed by atoms with Crippen LogP contribution in [0.3, 0.4) is 0 Å². The zero-order valence-electron chi connectivity index (χ0n) is 16.0. The van der Waals surface area contributed by atoms with Gasteiger partial charge in [-0.2, -0.15) is 0 Å². The topological polar surface area (TPSA) is 12.9 Å².